The van der Waals surface area contributed by atoms with Crippen molar-refractivity contribution in [1.29, 1.82) is 0 Å². The maximum Gasteiger partial charge on any atom is 0.303 e. The van der Waals surface area contributed by atoms with Crippen LogP contribution < -0.4 is 5.32 Å². The lowest BCUT2D eigenvalue weighted by molar-refractivity contribution is -0.255. The summed E-state index contributed by atoms with van der Waals surface area (Å²) in [6, 6.07) is 3.27. The molecule has 0 radical (unpaired) electrons. The van der Waals surface area contributed by atoms with Crippen LogP contribution in [0.3, 0.4) is 0 Å². The van der Waals surface area contributed by atoms with Crippen LogP contribution >= 0.6 is 0 Å². The molecule has 1 amide bonds. The fourth-order valence-electron chi connectivity index (χ4n) is 2.89. The molecule has 164 valence electrons. The molecule has 0 bridgehead atoms. The molecule has 1 aromatic rings. The number of aliphatic hydroxyl groups excluding tert-OH is 1. The van der Waals surface area contributed by atoms with Gasteiger partial charge in [-0.15, -0.1) is 0 Å². The van der Waals surface area contributed by atoms with E-state index in [1.807, 2.05) is 0 Å². The molecule has 1 aliphatic rings. The zero-order valence-electron chi connectivity index (χ0n) is 16.6. The molecule has 11 heteroatoms. The average molecular weight is 425 g/mol. The third-order valence-electron chi connectivity index (χ3n) is 3.95. The molecule has 2 heterocycles. The minimum atomic E-state index is -1.35. The van der Waals surface area contributed by atoms with Crippen LogP contribution in [-0.2, 0) is 38.1 Å². The summed E-state index contributed by atoms with van der Waals surface area (Å²) in [4.78, 5) is 47.0. The molecule has 0 saturated carbocycles. The van der Waals surface area contributed by atoms with Crippen molar-refractivity contribution >= 4 is 29.9 Å². The summed E-state index contributed by atoms with van der Waals surface area (Å²) < 4.78 is 26.2. The van der Waals surface area contributed by atoms with E-state index in [-0.39, 0.29) is 0 Å². The third-order valence-corrected chi connectivity index (χ3v) is 3.95. The van der Waals surface area contributed by atoms with Crippen molar-refractivity contribution in [3.05, 3.63) is 30.2 Å². The summed E-state index contributed by atoms with van der Waals surface area (Å²) in [6.45, 7) is 2.71. The average Bonchev–Trinajstić information content (AvgIpc) is 3.17. The highest BCUT2D eigenvalue weighted by Crippen LogP contribution is 2.28. The molecule has 2 N–H and O–H groups in total. The van der Waals surface area contributed by atoms with Gasteiger partial charge in [0.2, 0.25) is 5.91 Å². The van der Waals surface area contributed by atoms with Gasteiger partial charge in [0.25, 0.3) is 0 Å². The lowest BCUT2D eigenvalue weighted by atomic mass is 9.97. The van der Waals surface area contributed by atoms with Gasteiger partial charge in [-0.1, -0.05) is 0 Å². The number of hydrogen-bond acceptors (Lipinski definition) is 10. The number of hydrogen-bond donors (Lipinski definition) is 2. The molecule has 0 aromatic carbocycles. The Kier molecular flexibility index (Phi) is 8.13. The zero-order valence-corrected chi connectivity index (χ0v) is 16.6. The molecular weight excluding hydrogens is 402 g/mol. The first-order valence-corrected chi connectivity index (χ1v) is 9.01. The number of furan rings is 1. The summed E-state index contributed by atoms with van der Waals surface area (Å²) in [6.07, 6.45) is -2.44. The van der Waals surface area contributed by atoms with E-state index < -0.39 is 61.1 Å². The Labute approximate surface area is 171 Å². The van der Waals surface area contributed by atoms with E-state index >= 15 is 0 Å². The fourth-order valence-corrected chi connectivity index (χ4v) is 2.89. The van der Waals surface area contributed by atoms with Crippen LogP contribution in [0.2, 0.25) is 0 Å². The molecule has 11 nitrogen and oxygen atoms in total. The number of carbonyl (C=O) groups excluding carboxylic acids is 4. The Morgan fingerprint density at radius 3 is 2.17 bits per heavy atom. The molecule has 5 atom stereocenters. The Morgan fingerprint density at radius 1 is 1.03 bits per heavy atom. The fraction of sp³-hybridized carbons (Fsp3) is 0.474. The molecular formula is C19H23NO10. The normalized spacial score (nSPS) is 26.1. The SMILES string of the molecule is CC(=O)O[C@@H]1[C@@H](OC(C)=O)[C@H](NC(=O)C=Cc2ccco2)O[C@H](CO)[C@H]1OC(C)=O. The van der Waals surface area contributed by atoms with Crippen LogP contribution in [0, 0.1) is 0 Å². The number of amides is 1. The van der Waals surface area contributed by atoms with Crippen molar-refractivity contribution in [1.82, 2.24) is 5.32 Å². The van der Waals surface area contributed by atoms with Crippen molar-refractivity contribution in [2.75, 3.05) is 6.61 Å². The van der Waals surface area contributed by atoms with Gasteiger partial charge in [0.05, 0.1) is 12.9 Å². The molecule has 0 aliphatic carbocycles. The van der Waals surface area contributed by atoms with E-state index in [0.717, 1.165) is 26.8 Å². The van der Waals surface area contributed by atoms with Crippen molar-refractivity contribution in [2.45, 2.75) is 51.4 Å². The predicted octanol–water partition coefficient (Wildman–Crippen LogP) is -0.0787. The van der Waals surface area contributed by atoms with Gasteiger partial charge in [-0.25, -0.2) is 0 Å². The largest absolute Gasteiger partial charge is 0.465 e. The second-order valence-corrected chi connectivity index (χ2v) is 6.36. The van der Waals surface area contributed by atoms with Gasteiger partial charge in [0.15, 0.2) is 24.5 Å². The van der Waals surface area contributed by atoms with Gasteiger partial charge < -0.3 is 33.8 Å². The third kappa shape index (κ3) is 6.42. The van der Waals surface area contributed by atoms with E-state index in [2.05, 4.69) is 5.32 Å². The van der Waals surface area contributed by atoms with Crippen molar-refractivity contribution in [2.24, 2.45) is 0 Å². The zero-order chi connectivity index (χ0) is 22.3. The lowest BCUT2D eigenvalue weighted by Crippen LogP contribution is -2.65. The molecule has 1 fully saturated rings. The summed E-state index contributed by atoms with van der Waals surface area (Å²) >= 11 is 0. The number of carbonyl (C=O) groups is 4. The highest BCUT2D eigenvalue weighted by molar-refractivity contribution is 5.91. The minimum absolute atomic E-state index is 0.423. The molecule has 0 spiro atoms. The van der Waals surface area contributed by atoms with E-state index in [9.17, 15) is 24.3 Å². The molecule has 1 aliphatic heterocycles. The number of nitrogens with one attached hydrogen (secondary N) is 1. The maximum atomic E-state index is 12.3. The van der Waals surface area contributed by atoms with Gasteiger partial charge in [-0.05, 0) is 18.2 Å². The first-order valence-electron chi connectivity index (χ1n) is 9.01. The Hall–Kier alpha value is -3.18. The van der Waals surface area contributed by atoms with Gasteiger partial charge in [0, 0.05) is 26.8 Å². The summed E-state index contributed by atoms with van der Waals surface area (Å²) in [5.74, 6) is -2.46. The Balaban J connectivity index is 2.29. The smallest absolute Gasteiger partial charge is 0.303 e. The highest BCUT2D eigenvalue weighted by Gasteiger charge is 2.52. The maximum absolute atomic E-state index is 12.3. The molecule has 30 heavy (non-hydrogen) atoms. The lowest BCUT2D eigenvalue weighted by Gasteiger charge is -2.44. The standard InChI is InChI=1S/C19H23NO10/c1-10(22)27-16-14(9-21)30-19(18(29-12(3)24)17(16)28-11(2)23)20-15(25)7-6-13-5-4-8-26-13/h4-8,14,16-19,21H,9H2,1-3H3,(H,20,25)/t14-,16-,17+,18-,19-/m1/s1. The van der Waals surface area contributed by atoms with Crippen LogP contribution in [0.5, 0.6) is 0 Å². The van der Waals surface area contributed by atoms with E-state index in [1.165, 1.54) is 12.3 Å². The quantitative estimate of drug-likeness (QED) is 0.345. The molecule has 0 unspecified atom stereocenters. The van der Waals surface area contributed by atoms with E-state index in [4.69, 9.17) is 23.4 Å². The first-order chi connectivity index (χ1) is 14.2. The van der Waals surface area contributed by atoms with E-state index in [1.54, 1.807) is 12.1 Å². The molecule has 1 aromatic heterocycles. The van der Waals surface area contributed by atoms with Crippen molar-refractivity contribution in [3.8, 4) is 0 Å². The first kappa shape index (κ1) is 23.1. The van der Waals surface area contributed by atoms with Crippen LogP contribution in [0.4, 0.5) is 0 Å². The number of rotatable bonds is 7. The topological polar surface area (TPSA) is 151 Å². The summed E-state index contributed by atoms with van der Waals surface area (Å²) in [5, 5.41) is 12.1. The van der Waals surface area contributed by atoms with Gasteiger partial charge >= 0.3 is 17.9 Å². The Morgan fingerprint density at radius 2 is 1.63 bits per heavy atom. The summed E-state index contributed by atoms with van der Waals surface area (Å²) in [5.41, 5.74) is 0. The van der Waals surface area contributed by atoms with Gasteiger partial charge in [0.1, 0.15) is 11.9 Å². The summed E-state index contributed by atoms with van der Waals surface area (Å²) in [7, 11) is 0. The van der Waals surface area contributed by atoms with Crippen LogP contribution in [0.15, 0.2) is 28.9 Å². The van der Waals surface area contributed by atoms with E-state index in [0.29, 0.717) is 5.76 Å². The van der Waals surface area contributed by atoms with Crippen LogP contribution in [0.1, 0.15) is 26.5 Å². The molecule has 2 rings (SSSR count). The second kappa shape index (κ2) is 10.6. The second-order valence-electron chi connectivity index (χ2n) is 6.36. The number of aliphatic hydroxyl groups is 1. The minimum Gasteiger partial charge on any atom is -0.465 e. The highest BCUT2D eigenvalue weighted by atomic mass is 16.7. The van der Waals surface area contributed by atoms with Gasteiger partial charge in [-0.3, -0.25) is 19.2 Å². The number of ether oxygens (including phenoxy) is 4. The Bertz CT molecular complexity index is 787. The monoisotopic (exact) mass is 425 g/mol. The predicted molar refractivity (Wildman–Crippen MR) is 98.3 cm³/mol. The van der Waals surface area contributed by atoms with Crippen LogP contribution in [-0.4, -0.2) is 66.2 Å². The van der Waals surface area contributed by atoms with Crippen LogP contribution in [0.25, 0.3) is 6.08 Å². The van der Waals surface area contributed by atoms with Gasteiger partial charge in [-0.2, -0.15) is 0 Å². The molecule has 1 saturated heterocycles. The van der Waals surface area contributed by atoms with Crippen molar-refractivity contribution < 1.29 is 47.6 Å². The van der Waals surface area contributed by atoms with Crippen molar-refractivity contribution in [3.63, 3.8) is 0 Å². The number of esters is 3.